The lowest BCUT2D eigenvalue weighted by atomic mass is 10.2. The highest BCUT2D eigenvalue weighted by Crippen LogP contribution is 2.24. The van der Waals surface area contributed by atoms with E-state index in [1.807, 2.05) is 0 Å². The second-order valence-electron chi connectivity index (χ2n) is 4.38. The molecule has 0 bridgehead atoms. The van der Waals surface area contributed by atoms with Crippen molar-refractivity contribution < 1.29 is 17.5 Å². The van der Waals surface area contributed by atoms with Crippen LogP contribution in [0.4, 0.5) is 4.39 Å². The second kappa shape index (κ2) is 6.17. The lowest BCUT2D eigenvalue weighted by molar-refractivity contribution is 0.426. The molecule has 0 aliphatic heterocycles. The molecular formula is C13H14FN3O3S. The number of primary sulfonamides is 1. The fourth-order valence-electron chi connectivity index (χ4n) is 1.70. The molecule has 0 atom stereocenters. The maximum Gasteiger partial charge on any atom is 0.219 e. The topological polar surface area (TPSA) is 108 Å². The van der Waals surface area contributed by atoms with Gasteiger partial charge < -0.3 is 10.5 Å². The van der Waals surface area contributed by atoms with Gasteiger partial charge in [0.15, 0.2) is 11.6 Å². The summed E-state index contributed by atoms with van der Waals surface area (Å²) in [5, 5.41) is 4.91. The van der Waals surface area contributed by atoms with Crippen LogP contribution < -0.4 is 15.6 Å². The van der Waals surface area contributed by atoms with E-state index in [9.17, 15) is 12.8 Å². The quantitative estimate of drug-likeness (QED) is 0.864. The minimum absolute atomic E-state index is 0.0603. The van der Waals surface area contributed by atoms with Gasteiger partial charge in [0, 0.05) is 18.8 Å². The summed E-state index contributed by atoms with van der Waals surface area (Å²) >= 11 is 0. The zero-order valence-corrected chi connectivity index (χ0v) is 11.8. The molecule has 6 nitrogen and oxygen atoms in total. The number of rotatable bonds is 5. The van der Waals surface area contributed by atoms with E-state index in [-0.39, 0.29) is 17.2 Å². The van der Waals surface area contributed by atoms with Gasteiger partial charge in [-0.25, -0.2) is 22.9 Å². The Morgan fingerprint density at radius 2 is 1.95 bits per heavy atom. The van der Waals surface area contributed by atoms with Crippen molar-refractivity contribution in [2.45, 2.75) is 12.3 Å². The molecule has 0 spiro atoms. The standard InChI is InChI=1S/C13H14FN3O3S/c14-11-5-10(8-21(16,18)19)1-2-12(11)20-13-6-9(7-15)3-4-17-13/h1-6H,7-8,15H2,(H2,16,18,19). The monoisotopic (exact) mass is 311 g/mol. The van der Waals surface area contributed by atoms with Crippen molar-refractivity contribution in [1.82, 2.24) is 4.98 Å². The maximum absolute atomic E-state index is 13.9. The Kier molecular flexibility index (Phi) is 4.51. The average Bonchev–Trinajstić information content (AvgIpc) is 2.40. The first-order chi connectivity index (χ1) is 9.87. The van der Waals surface area contributed by atoms with E-state index < -0.39 is 21.6 Å². The van der Waals surface area contributed by atoms with E-state index in [1.54, 1.807) is 12.1 Å². The molecule has 0 saturated carbocycles. The summed E-state index contributed by atoms with van der Waals surface area (Å²) < 4.78 is 41.1. The van der Waals surface area contributed by atoms with Gasteiger partial charge in [0.25, 0.3) is 0 Å². The van der Waals surface area contributed by atoms with Gasteiger partial charge >= 0.3 is 0 Å². The van der Waals surface area contributed by atoms with Crippen LogP contribution in [0.15, 0.2) is 36.5 Å². The van der Waals surface area contributed by atoms with Crippen molar-refractivity contribution >= 4 is 10.0 Å². The van der Waals surface area contributed by atoms with Gasteiger partial charge in [-0.1, -0.05) is 6.07 Å². The normalized spacial score (nSPS) is 11.4. The number of sulfonamides is 1. The Hall–Kier alpha value is -2.03. The zero-order chi connectivity index (χ0) is 15.5. The average molecular weight is 311 g/mol. The summed E-state index contributed by atoms with van der Waals surface area (Å²) in [6.45, 7) is 0.314. The fourth-order valence-corrected chi connectivity index (χ4v) is 2.34. The van der Waals surface area contributed by atoms with Crippen LogP contribution in [-0.2, 0) is 22.3 Å². The van der Waals surface area contributed by atoms with Gasteiger partial charge in [-0.05, 0) is 29.3 Å². The fraction of sp³-hybridized carbons (Fsp3) is 0.154. The number of hydrogen-bond acceptors (Lipinski definition) is 5. The SMILES string of the molecule is NCc1ccnc(Oc2ccc(CS(N)(=O)=O)cc2F)c1. The van der Waals surface area contributed by atoms with Crippen LogP contribution in [-0.4, -0.2) is 13.4 Å². The molecule has 0 saturated heterocycles. The number of benzene rings is 1. The third-order valence-corrected chi connectivity index (χ3v) is 3.35. The van der Waals surface area contributed by atoms with Crippen LogP contribution in [0.3, 0.4) is 0 Å². The molecule has 0 aliphatic carbocycles. The molecule has 0 radical (unpaired) electrons. The summed E-state index contributed by atoms with van der Waals surface area (Å²) in [6, 6.07) is 7.13. The summed E-state index contributed by atoms with van der Waals surface area (Å²) in [6.07, 6.45) is 1.50. The Morgan fingerprint density at radius 3 is 2.57 bits per heavy atom. The molecule has 2 rings (SSSR count). The summed E-state index contributed by atoms with van der Waals surface area (Å²) in [5.41, 5.74) is 6.53. The van der Waals surface area contributed by atoms with Crippen molar-refractivity contribution in [3.05, 3.63) is 53.5 Å². The van der Waals surface area contributed by atoms with E-state index in [0.29, 0.717) is 6.54 Å². The lowest BCUT2D eigenvalue weighted by Gasteiger charge is -2.08. The van der Waals surface area contributed by atoms with E-state index in [4.69, 9.17) is 15.6 Å². The van der Waals surface area contributed by atoms with Crippen molar-refractivity contribution in [1.29, 1.82) is 0 Å². The van der Waals surface area contributed by atoms with E-state index in [0.717, 1.165) is 11.6 Å². The number of nitrogens with two attached hydrogens (primary N) is 2. The zero-order valence-electron chi connectivity index (χ0n) is 11.0. The third-order valence-electron chi connectivity index (χ3n) is 2.61. The highest BCUT2D eigenvalue weighted by molar-refractivity contribution is 7.88. The minimum Gasteiger partial charge on any atom is -0.436 e. The van der Waals surface area contributed by atoms with Crippen LogP contribution in [0.5, 0.6) is 11.6 Å². The van der Waals surface area contributed by atoms with E-state index in [1.165, 1.54) is 18.3 Å². The molecule has 21 heavy (non-hydrogen) atoms. The number of hydrogen-bond donors (Lipinski definition) is 2. The van der Waals surface area contributed by atoms with E-state index >= 15 is 0 Å². The molecule has 4 N–H and O–H groups in total. The van der Waals surface area contributed by atoms with Crippen LogP contribution in [0.1, 0.15) is 11.1 Å². The smallest absolute Gasteiger partial charge is 0.219 e. The van der Waals surface area contributed by atoms with Crippen LogP contribution in [0.25, 0.3) is 0 Å². The number of nitrogens with zero attached hydrogens (tertiary/aromatic N) is 1. The maximum atomic E-state index is 13.9. The molecule has 1 aromatic carbocycles. The Balaban J connectivity index is 2.21. The van der Waals surface area contributed by atoms with Crippen molar-refractivity contribution in [3.8, 4) is 11.6 Å². The molecule has 0 amide bonds. The Labute approximate surface area is 121 Å². The van der Waals surface area contributed by atoms with Gasteiger partial charge in [0.05, 0.1) is 5.75 Å². The molecule has 112 valence electrons. The van der Waals surface area contributed by atoms with Gasteiger partial charge in [0.2, 0.25) is 15.9 Å². The predicted octanol–water partition coefficient (Wildman–Crippen LogP) is 1.26. The van der Waals surface area contributed by atoms with Gasteiger partial charge in [0.1, 0.15) is 0 Å². The number of ether oxygens (including phenoxy) is 1. The molecule has 1 heterocycles. The first-order valence-electron chi connectivity index (χ1n) is 5.99. The summed E-state index contributed by atoms with van der Waals surface area (Å²) in [4.78, 5) is 3.95. The Bertz CT molecular complexity index is 750. The van der Waals surface area contributed by atoms with Crippen LogP contribution in [0, 0.1) is 5.82 Å². The minimum atomic E-state index is -3.71. The van der Waals surface area contributed by atoms with Gasteiger partial charge in [-0.2, -0.15) is 0 Å². The van der Waals surface area contributed by atoms with Crippen molar-refractivity contribution in [2.24, 2.45) is 10.9 Å². The summed E-state index contributed by atoms with van der Waals surface area (Å²) in [5.74, 6) is -0.993. The van der Waals surface area contributed by atoms with Gasteiger partial charge in [-0.15, -0.1) is 0 Å². The van der Waals surface area contributed by atoms with Crippen LogP contribution >= 0.6 is 0 Å². The van der Waals surface area contributed by atoms with Crippen molar-refractivity contribution in [3.63, 3.8) is 0 Å². The largest absolute Gasteiger partial charge is 0.436 e. The molecule has 8 heteroatoms. The number of aromatic nitrogens is 1. The molecule has 0 unspecified atom stereocenters. The highest BCUT2D eigenvalue weighted by Gasteiger charge is 2.11. The third kappa shape index (κ3) is 4.48. The number of pyridine rings is 1. The van der Waals surface area contributed by atoms with Crippen LogP contribution in [0.2, 0.25) is 0 Å². The lowest BCUT2D eigenvalue weighted by Crippen LogP contribution is -2.14. The van der Waals surface area contributed by atoms with Crippen molar-refractivity contribution in [2.75, 3.05) is 0 Å². The second-order valence-corrected chi connectivity index (χ2v) is 5.99. The highest BCUT2D eigenvalue weighted by atomic mass is 32.2. The molecule has 0 fully saturated rings. The molecule has 2 aromatic rings. The predicted molar refractivity (Wildman–Crippen MR) is 75.4 cm³/mol. The van der Waals surface area contributed by atoms with Gasteiger partial charge in [-0.3, -0.25) is 0 Å². The molecular weight excluding hydrogens is 297 g/mol. The van der Waals surface area contributed by atoms with E-state index in [2.05, 4.69) is 4.98 Å². The molecule has 0 aliphatic rings. The molecule has 1 aromatic heterocycles. The first kappa shape index (κ1) is 15.4. The first-order valence-corrected chi connectivity index (χ1v) is 7.70. The summed E-state index contributed by atoms with van der Waals surface area (Å²) in [7, 11) is -3.71. The number of halogens is 1. The Morgan fingerprint density at radius 1 is 1.19 bits per heavy atom.